The summed E-state index contributed by atoms with van der Waals surface area (Å²) in [4.78, 5) is 12.0. The van der Waals surface area contributed by atoms with Crippen molar-refractivity contribution in [2.24, 2.45) is 11.7 Å². The largest absolute Gasteiger partial charge is 0.348 e. The molecule has 1 aromatic carbocycles. The van der Waals surface area contributed by atoms with E-state index in [1.807, 2.05) is 0 Å². The van der Waals surface area contributed by atoms with Crippen molar-refractivity contribution in [3.05, 3.63) is 33.8 Å². The van der Waals surface area contributed by atoms with E-state index in [4.69, 9.17) is 28.9 Å². The molecule has 0 saturated heterocycles. The highest BCUT2D eigenvalue weighted by Crippen LogP contribution is 2.19. The van der Waals surface area contributed by atoms with Gasteiger partial charge in [-0.1, -0.05) is 37.0 Å². The molecule has 1 amide bonds. The zero-order valence-corrected chi connectivity index (χ0v) is 13.3. The lowest BCUT2D eigenvalue weighted by atomic mass is 10.0. The number of carbonyl (C=O) groups excluding carboxylic acids is 1. The zero-order chi connectivity index (χ0) is 13.7. The van der Waals surface area contributed by atoms with Crippen LogP contribution in [0.25, 0.3) is 0 Å². The molecule has 0 aliphatic rings. The van der Waals surface area contributed by atoms with Gasteiger partial charge in [0.05, 0.1) is 0 Å². The van der Waals surface area contributed by atoms with E-state index in [9.17, 15) is 4.79 Å². The molecule has 3 nitrogen and oxygen atoms in total. The van der Waals surface area contributed by atoms with Gasteiger partial charge in [-0.15, -0.1) is 12.4 Å². The number of halogens is 3. The lowest BCUT2D eigenvalue weighted by Gasteiger charge is -2.19. The monoisotopic (exact) mass is 324 g/mol. The standard InChI is InChI=1S/C13H18Cl2N2O.ClH/c1-8(2)3-12(7-16)17-13(18)9-4-10(14)6-11(15)5-9;/h4-6,8,12H,3,7,16H2,1-2H3,(H,17,18);1H. The first-order valence-corrected chi connectivity index (χ1v) is 6.65. The third kappa shape index (κ3) is 6.48. The van der Waals surface area contributed by atoms with Gasteiger partial charge in [-0.25, -0.2) is 0 Å². The van der Waals surface area contributed by atoms with E-state index in [0.29, 0.717) is 28.1 Å². The predicted molar refractivity (Wildman–Crippen MR) is 83.5 cm³/mol. The summed E-state index contributed by atoms with van der Waals surface area (Å²) in [7, 11) is 0. The van der Waals surface area contributed by atoms with Gasteiger partial charge in [0.15, 0.2) is 0 Å². The van der Waals surface area contributed by atoms with Crippen LogP contribution in [0.15, 0.2) is 18.2 Å². The molecule has 1 atom stereocenters. The minimum absolute atomic E-state index is 0. The number of nitrogens with one attached hydrogen (secondary N) is 1. The number of nitrogens with two attached hydrogens (primary N) is 1. The Bertz CT molecular complexity index is 404. The average Bonchev–Trinajstić information content (AvgIpc) is 2.26. The topological polar surface area (TPSA) is 55.1 Å². The van der Waals surface area contributed by atoms with Crippen LogP contribution in [0.1, 0.15) is 30.6 Å². The molecule has 0 heterocycles. The van der Waals surface area contributed by atoms with E-state index in [-0.39, 0.29) is 24.4 Å². The average molecular weight is 326 g/mol. The van der Waals surface area contributed by atoms with Crippen LogP contribution in [0.3, 0.4) is 0 Å². The molecule has 0 bridgehead atoms. The molecular weight excluding hydrogens is 307 g/mol. The summed E-state index contributed by atoms with van der Waals surface area (Å²) in [6.45, 7) is 4.59. The maximum absolute atomic E-state index is 12.0. The SMILES string of the molecule is CC(C)CC(CN)NC(=O)c1cc(Cl)cc(Cl)c1.Cl. The highest BCUT2D eigenvalue weighted by Gasteiger charge is 2.14. The molecular formula is C13H19Cl3N2O. The molecule has 0 aliphatic carbocycles. The molecule has 19 heavy (non-hydrogen) atoms. The number of hydrogen-bond acceptors (Lipinski definition) is 2. The highest BCUT2D eigenvalue weighted by molar-refractivity contribution is 6.35. The smallest absolute Gasteiger partial charge is 0.251 e. The number of rotatable bonds is 5. The Morgan fingerprint density at radius 3 is 2.21 bits per heavy atom. The van der Waals surface area contributed by atoms with Gasteiger partial charge in [-0.05, 0) is 30.5 Å². The van der Waals surface area contributed by atoms with Gasteiger partial charge in [-0.3, -0.25) is 4.79 Å². The van der Waals surface area contributed by atoms with E-state index in [2.05, 4.69) is 19.2 Å². The molecule has 0 fully saturated rings. The van der Waals surface area contributed by atoms with E-state index in [0.717, 1.165) is 6.42 Å². The first-order chi connectivity index (χ1) is 8.42. The van der Waals surface area contributed by atoms with Gasteiger partial charge in [0, 0.05) is 28.2 Å². The highest BCUT2D eigenvalue weighted by atomic mass is 35.5. The van der Waals surface area contributed by atoms with E-state index >= 15 is 0 Å². The third-order valence-corrected chi connectivity index (χ3v) is 2.94. The van der Waals surface area contributed by atoms with Gasteiger partial charge in [-0.2, -0.15) is 0 Å². The maximum atomic E-state index is 12.0. The minimum Gasteiger partial charge on any atom is -0.348 e. The molecule has 0 radical (unpaired) electrons. The van der Waals surface area contributed by atoms with Crippen LogP contribution in [-0.2, 0) is 0 Å². The Morgan fingerprint density at radius 1 is 1.26 bits per heavy atom. The van der Waals surface area contributed by atoms with Crippen molar-refractivity contribution in [2.45, 2.75) is 26.3 Å². The maximum Gasteiger partial charge on any atom is 0.251 e. The Labute approximate surface area is 130 Å². The summed E-state index contributed by atoms with van der Waals surface area (Å²) < 4.78 is 0. The summed E-state index contributed by atoms with van der Waals surface area (Å²) in [5, 5.41) is 3.78. The van der Waals surface area contributed by atoms with E-state index in [1.165, 1.54) is 0 Å². The molecule has 0 saturated carbocycles. The second-order valence-electron chi connectivity index (χ2n) is 4.69. The molecule has 0 aliphatic heterocycles. The van der Waals surface area contributed by atoms with Crippen LogP contribution < -0.4 is 11.1 Å². The zero-order valence-electron chi connectivity index (χ0n) is 11.0. The molecule has 1 aromatic rings. The number of hydrogen-bond donors (Lipinski definition) is 2. The van der Waals surface area contributed by atoms with Gasteiger partial charge in [0.1, 0.15) is 0 Å². The second kappa shape index (κ2) is 8.64. The molecule has 108 valence electrons. The first kappa shape index (κ1) is 18.5. The third-order valence-electron chi connectivity index (χ3n) is 2.50. The van der Waals surface area contributed by atoms with Gasteiger partial charge < -0.3 is 11.1 Å². The fraction of sp³-hybridized carbons (Fsp3) is 0.462. The molecule has 0 spiro atoms. The van der Waals surface area contributed by atoms with E-state index in [1.54, 1.807) is 18.2 Å². The summed E-state index contributed by atoms with van der Waals surface area (Å²) >= 11 is 11.7. The number of benzene rings is 1. The van der Waals surface area contributed by atoms with Crippen molar-refractivity contribution >= 4 is 41.5 Å². The molecule has 6 heteroatoms. The van der Waals surface area contributed by atoms with Crippen molar-refractivity contribution in [3.8, 4) is 0 Å². The van der Waals surface area contributed by atoms with E-state index < -0.39 is 0 Å². The Hall–Kier alpha value is -0.480. The van der Waals surface area contributed by atoms with Gasteiger partial charge in [0.2, 0.25) is 0 Å². The van der Waals surface area contributed by atoms with Crippen molar-refractivity contribution in [2.75, 3.05) is 6.54 Å². The van der Waals surface area contributed by atoms with Crippen LogP contribution >= 0.6 is 35.6 Å². The van der Waals surface area contributed by atoms with Crippen LogP contribution in [0.4, 0.5) is 0 Å². The lowest BCUT2D eigenvalue weighted by molar-refractivity contribution is 0.0934. The molecule has 3 N–H and O–H groups in total. The molecule has 0 aromatic heterocycles. The number of amides is 1. The van der Waals surface area contributed by atoms with Gasteiger partial charge >= 0.3 is 0 Å². The molecule has 1 rings (SSSR count). The summed E-state index contributed by atoms with van der Waals surface area (Å²) in [5.74, 6) is 0.275. The van der Waals surface area contributed by atoms with Crippen LogP contribution in [0, 0.1) is 5.92 Å². The Kier molecular flexibility index (Phi) is 8.42. The van der Waals surface area contributed by atoms with Crippen LogP contribution in [-0.4, -0.2) is 18.5 Å². The van der Waals surface area contributed by atoms with Crippen molar-refractivity contribution in [3.63, 3.8) is 0 Å². The summed E-state index contributed by atoms with van der Waals surface area (Å²) in [6.07, 6.45) is 0.844. The predicted octanol–water partition coefficient (Wildman–Crippen LogP) is 3.52. The van der Waals surface area contributed by atoms with Crippen molar-refractivity contribution in [1.29, 1.82) is 0 Å². The quantitative estimate of drug-likeness (QED) is 0.870. The minimum atomic E-state index is -0.199. The fourth-order valence-corrected chi connectivity index (χ4v) is 2.26. The number of carbonyl (C=O) groups is 1. The summed E-state index contributed by atoms with van der Waals surface area (Å²) in [5.41, 5.74) is 6.09. The molecule has 1 unspecified atom stereocenters. The summed E-state index contributed by atoms with van der Waals surface area (Å²) in [6, 6.07) is 4.74. The van der Waals surface area contributed by atoms with Crippen LogP contribution in [0.5, 0.6) is 0 Å². The lowest BCUT2D eigenvalue weighted by Crippen LogP contribution is -2.41. The first-order valence-electron chi connectivity index (χ1n) is 5.89. The second-order valence-corrected chi connectivity index (χ2v) is 5.57. The Morgan fingerprint density at radius 2 is 1.79 bits per heavy atom. The van der Waals surface area contributed by atoms with Gasteiger partial charge in [0.25, 0.3) is 5.91 Å². The Balaban J connectivity index is 0.00000324. The van der Waals surface area contributed by atoms with Crippen molar-refractivity contribution < 1.29 is 4.79 Å². The normalized spacial score (nSPS) is 11.9. The van der Waals surface area contributed by atoms with Crippen molar-refractivity contribution in [1.82, 2.24) is 5.32 Å². The van der Waals surface area contributed by atoms with Crippen LogP contribution in [0.2, 0.25) is 10.0 Å². The fourth-order valence-electron chi connectivity index (χ4n) is 1.74.